The number of amides is 1. The number of benzene rings is 1. The molecule has 25 heavy (non-hydrogen) atoms. The van der Waals surface area contributed by atoms with E-state index in [0.717, 1.165) is 21.8 Å². The number of hydrogen-bond donors (Lipinski definition) is 2. The summed E-state index contributed by atoms with van der Waals surface area (Å²) < 4.78 is 5.16. The Hall–Kier alpha value is -2.34. The third-order valence-corrected chi connectivity index (χ3v) is 4.90. The SMILES string of the molecule is COc1ccc(-c2cc(C(=O)N[C@@H](CC(C)C)C(=O)O)sc2C)cc1. The number of nitrogens with one attached hydrogen (secondary N) is 1. The first-order valence-corrected chi connectivity index (χ1v) is 8.92. The number of carbonyl (C=O) groups is 2. The lowest BCUT2D eigenvalue weighted by atomic mass is 10.0. The molecule has 2 aromatic rings. The molecule has 1 heterocycles. The minimum Gasteiger partial charge on any atom is -0.497 e. The predicted octanol–water partition coefficient (Wildman–Crippen LogP) is 3.96. The van der Waals surface area contributed by atoms with Crippen LogP contribution in [-0.4, -0.2) is 30.1 Å². The molecule has 0 unspecified atom stereocenters. The molecule has 2 N–H and O–H groups in total. The van der Waals surface area contributed by atoms with E-state index in [0.29, 0.717) is 11.3 Å². The number of aryl methyl sites for hydroxylation is 1. The van der Waals surface area contributed by atoms with Gasteiger partial charge >= 0.3 is 5.97 Å². The molecule has 1 aromatic carbocycles. The number of thiophene rings is 1. The summed E-state index contributed by atoms with van der Waals surface area (Å²) in [6, 6.07) is 8.55. The number of ether oxygens (including phenoxy) is 1. The topological polar surface area (TPSA) is 75.6 Å². The van der Waals surface area contributed by atoms with Gasteiger partial charge in [0.1, 0.15) is 11.8 Å². The molecule has 0 saturated heterocycles. The summed E-state index contributed by atoms with van der Waals surface area (Å²) in [5.41, 5.74) is 1.96. The number of carboxylic acid groups (broad SMARTS) is 1. The molecule has 2 rings (SSSR count). The summed E-state index contributed by atoms with van der Waals surface area (Å²) in [6.45, 7) is 5.81. The molecular weight excluding hydrogens is 338 g/mol. The molecule has 0 radical (unpaired) electrons. The molecule has 6 heteroatoms. The molecule has 1 aromatic heterocycles. The Kier molecular flexibility index (Phi) is 6.20. The van der Waals surface area contributed by atoms with Gasteiger partial charge in [-0.1, -0.05) is 26.0 Å². The average Bonchev–Trinajstić information content (AvgIpc) is 2.95. The van der Waals surface area contributed by atoms with Crippen LogP contribution < -0.4 is 10.1 Å². The lowest BCUT2D eigenvalue weighted by Gasteiger charge is -2.15. The highest BCUT2D eigenvalue weighted by atomic mass is 32.1. The lowest BCUT2D eigenvalue weighted by Crippen LogP contribution is -2.41. The number of methoxy groups -OCH3 is 1. The normalized spacial score (nSPS) is 12.0. The molecule has 0 aliphatic heterocycles. The van der Waals surface area contributed by atoms with Crippen molar-refractivity contribution in [1.82, 2.24) is 5.32 Å². The molecule has 0 saturated carbocycles. The van der Waals surface area contributed by atoms with Crippen LogP contribution in [0.15, 0.2) is 30.3 Å². The zero-order chi connectivity index (χ0) is 18.6. The lowest BCUT2D eigenvalue weighted by molar-refractivity contribution is -0.139. The van der Waals surface area contributed by atoms with E-state index >= 15 is 0 Å². The first-order valence-electron chi connectivity index (χ1n) is 8.10. The van der Waals surface area contributed by atoms with E-state index in [2.05, 4.69) is 5.32 Å². The van der Waals surface area contributed by atoms with Crippen molar-refractivity contribution in [1.29, 1.82) is 0 Å². The second kappa shape index (κ2) is 8.16. The number of rotatable bonds is 7. The summed E-state index contributed by atoms with van der Waals surface area (Å²) in [6.07, 6.45) is 0.400. The predicted molar refractivity (Wildman–Crippen MR) is 99.4 cm³/mol. The Balaban J connectivity index is 2.19. The fraction of sp³-hybridized carbons (Fsp3) is 0.368. The quantitative estimate of drug-likeness (QED) is 0.783. The maximum Gasteiger partial charge on any atom is 0.326 e. The van der Waals surface area contributed by atoms with Crippen LogP contribution in [0, 0.1) is 12.8 Å². The largest absolute Gasteiger partial charge is 0.497 e. The Morgan fingerprint density at radius 3 is 2.40 bits per heavy atom. The average molecular weight is 361 g/mol. The van der Waals surface area contributed by atoms with Crippen LogP contribution in [0.5, 0.6) is 5.75 Å². The van der Waals surface area contributed by atoms with Crippen LogP contribution in [0.4, 0.5) is 0 Å². The second-order valence-electron chi connectivity index (χ2n) is 6.30. The summed E-state index contributed by atoms with van der Waals surface area (Å²) in [5, 5.41) is 11.9. The maximum absolute atomic E-state index is 12.5. The molecule has 134 valence electrons. The van der Waals surface area contributed by atoms with Crippen molar-refractivity contribution in [3.63, 3.8) is 0 Å². The highest BCUT2D eigenvalue weighted by Gasteiger charge is 2.23. The molecular formula is C19H23NO4S. The molecule has 1 amide bonds. The highest BCUT2D eigenvalue weighted by molar-refractivity contribution is 7.14. The van der Waals surface area contributed by atoms with E-state index in [-0.39, 0.29) is 11.8 Å². The molecule has 1 atom stereocenters. The van der Waals surface area contributed by atoms with Gasteiger partial charge in [-0.3, -0.25) is 4.79 Å². The van der Waals surface area contributed by atoms with Crippen LogP contribution in [-0.2, 0) is 4.79 Å². The van der Waals surface area contributed by atoms with Crippen LogP contribution >= 0.6 is 11.3 Å². The van der Waals surface area contributed by atoms with Gasteiger partial charge in [-0.25, -0.2) is 4.79 Å². The van der Waals surface area contributed by atoms with Crippen LogP contribution in [0.25, 0.3) is 11.1 Å². The molecule has 5 nitrogen and oxygen atoms in total. The molecule has 0 bridgehead atoms. The Bertz CT molecular complexity index is 749. The van der Waals surface area contributed by atoms with E-state index in [9.17, 15) is 14.7 Å². The molecule has 0 aliphatic carbocycles. The summed E-state index contributed by atoms with van der Waals surface area (Å²) in [4.78, 5) is 25.3. The zero-order valence-corrected chi connectivity index (χ0v) is 15.6. The first-order chi connectivity index (χ1) is 11.8. The molecule has 0 spiro atoms. The van der Waals surface area contributed by atoms with Gasteiger partial charge in [0.05, 0.1) is 12.0 Å². The monoisotopic (exact) mass is 361 g/mol. The fourth-order valence-corrected chi connectivity index (χ4v) is 3.52. The first kappa shape index (κ1) is 19.0. The molecule has 0 aliphatic rings. The van der Waals surface area contributed by atoms with Crippen LogP contribution in [0.1, 0.15) is 34.8 Å². The Morgan fingerprint density at radius 2 is 1.88 bits per heavy atom. The van der Waals surface area contributed by atoms with Gasteiger partial charge in [0, 0.05) is 4.88 Å². The van der Waals surface area contributed by atoms with Crippen LogP contribution in [0.3, 0.4) is 0 Å². The minimum atomic E-state index is -1.01. The van der Waals surface area contributed by atoms with Gasteiger partial charge in [0.15, 0.2) is 0 Å². The van der Waals surface area contributed by atoms with Crippen molar-refractivity contribution in [3.05, 3.63) is 40.1 Å². The van der Waals surface area contributed by atoms with Gasteiger partial charge in [-0.2, -0.15) is 0 Å². The minimum absolute atomic E-state index is 0.182. The number of carbonyl (C=O) groups excluding carboxylic acids is 1. The van der Waals surface area contributed by atoms with E-state index in [4.69, 9.17) is 4.74 Å². The van der Waals surface area contributed by atoms with E-state index in [1.807, 2.05) is 51.1 Å². The number of aliphatic carboxylic acids is 1. The number of hydrogen-bond acceptors (Lipinski definition) is 4. The fourth-order valence-electron chi connectivity index (χ4n) is 2.57. The van der Waals surface area contributed by atoms with E-state index in [1.54, 1.807) is 7.11 Å². The van der Waals surface area contributed by atoms with Gasteiger partial charge in [0.25, 0.3) is 5.91 Å². The van der Waals surface area contributed by atoms with Gasteiger partial charge in [0.2, 0.25) is 0 Å². The summed E-state index contributed by atoms with van der Waals surface area (Å²) in [5.74, 6) is -0.402. The second-order valence-corrected chi connectivity index (χ2v) is 7.56. The van der Waals surface area contributed by atoms with Crippen molar-refractivity contribution in [2.24, 2.45) is 5.92 Å². The van der Waals surface area contributed by atoms with Crippen molar-refractivity contribution < 1.29 is 19.4 Å². The van der Waals surface area contributed by atoms with Crippen molar-refractivity contribution in [2.75, 3.05) is 7.11 Å². The summed E-state index contributed by atoms with van der Waals surface area (Å²) in [7, 11) is 1.61. The number of carboxylic acids is 1. The van der Waals surface area contributed by atoms with Crippen molar-refractivity contribution in [3.8, 4) is 16.9 Å². The smallest absolute Gasteiger partial charge is 0.326 e. The van der Waals surface area contributed by atoms with E-state index in [1.165, 1.54) is 11.3 Å². The standard InChI is InChI=1S/C19H23NO4S/c1-11(2)9-16(19(22)23)20-18(21)17-10-15(12(3)25-17)13-5-7-14(24-4)8-6-13/h5-8,10-11,16H,9H2,1-4H3,(H,20,21)(H,22,23)/t16-/m0/s1. The maximum atomic E-state index is 12.5. The summed E-state index contributed by atoms with van der Waals surface area (Å²) >= 11 is 1.36. The van der Waals surface area contributed by atoms with Crippen LogP contribution in [0.2, 0.25) is 0 Å². The van der Waals surface area contributed by atoms with Crippen molar-refractivity contribution >= 4 is 23.2 Å². The van der Waals surface area contributed by atoms with Gasteiger partial charge in [-0.15, -0.1) is 11.3 Å². The van der Waals surface area contributed by atoms with Crippen molar-refractivity contribution in [2.45, 2.75) is 33.2 Å². The Morgan fingerprint density at radius 1 is 1.24 bits per heavy atom. The van der Waals surface area contributed by atoms with E-state index < -0.39 is 12.0 Å². The zero-order valence-electron chi connectivity index (χ0n) is 14.8. The van der Waals surface area contributed by atoms with Gasteiger partial charge in [-0.05, 0) is 48.6 Å². The highest BCUT2D eigenvalue weighted by Crippen LogP contribution is 2.32. The third-order valence-electron chi connectivity index (χ3n) is 3.85. The van der Waals surface area contributed by atoms with Gasteiger partial charge < -0.3 is 15.2 Å². The Labute approximate surface area is 151 Å². The molecule has 0 fully saturated rings. The third kappa shape index (κ3) is 4.82.